The number of amides is 2. The molecule has 0 saturated carbocycles. The van der Waals surface area contributed by atoms with Crippen LogP contribution in [-0.4, -0.2) is 49.5 Å². The molecule has 0 fully saturated rings. The summed E-state index contributed by atoms with van der Waals surface area (Å²) < 4.78 is 26.1. The lowest BCUT2D eigenvalue weighted by Crippen LogP contribution is -2.53. The minimum absolute atomic E-state index is 0.0759. The molecule has 2 amide bonds. The molecule has 0 heterocycles. The van der Waals surface area contributed by atoms with Gasteiger partial charge in [-0.15, -0.1) is 0 Å². The topological polar surface area (TPSA) is 86.8 Å². The van der Waals surface area contributed by atoms with E-state index < -0.39 is 21.6 Å². The minimum Gasteiger partial charge on any atom is -0.350 e. The highest BCUT2D eigenvalue weighted by molar-refractivity contribution is 7.92. The number of hydrogen-bond acceptors (Lipinski definition) is 4. The molecule has 0 aliphatic rings. The molecule has 0 aliphatic heterocycles. The Kier molecular flexibility index (Phi) is 10.6. The van der Waals surface area contributed by atoms with Gasteiger partial charge in [-0.05, 0) is 75.6 Å². The second kappa shape index (κ2) is 12.8. The summed E-state index contributed by atoms with van der Waals surface area (Å²) >= 11 is 11.9. The maximum atomic E-state index is 13.4. The van der Waals surface area contributed by atoms with Crippen molar-refractivity contribution in [3.05, 3.63) is 64.1 Å². The number of halogens is 2. The van der Waals surface area contributed by atoms with Gasteiger partial charge in [0, 0.05) is 35.1 Å². The van der Waals surface area contributed by atoms with Crippen LogP contribution < -0.4 is 9.62 Å². The normalized spacial score (nSPS) is 12.6. The molecule has 2 aromatic carbocycles. The predicted molar refractivity (Wildman–Crippen MR) is 147 cm³/mol. The van der Waals surface area contributed by atoms with Crippen molar-refractivity contribution in [1.82, 2.24) is 10.2 Å². The fourth-order valence-electron chi connectivity index (χ4n) is 3.77. The first-order valence-corrected chi connectivity index (χ1v) is 14.4. The fourth-order valence-corrected chi connectivity index (χ4v) is 4.99. The summed E-state index contributed by atoms with van der Waals surface area (Å²) in [6.45, 7) is 7.88. The summed E-state index contributed by atoms with van der Waals surface area (Å²) in [5.74, 6) is -0.461. The predicted octanol–water partition coefficient (Wildman–Crippen LogP) is 5.26. The number of anilines is 1. The zero-order valence-corrected chi connectivity index (χ0v) is 23.8. The van der Waals surface area contributed by atoms with Crippen molar-refractivity contribution in [2.24, 2.45) is 0 Å². The van der Waals surface area contributed by atoms with Gasteiger partial charge in [0.2, 0.25) is 21.8 Å². The number of sulfonamides is 1. The fraction of sp³-hybridized carbons (Fsp3) is 0.462. The lowest BCUT2D eigenvalue weighted by atomic mass is 10.0. The van der Waals surface area contributed by atoms with Crippen molar-refractivity contribution < 1.29 is 18.0 Å². The highest BCUT2D eigenvalue weighted by Crippen LogP contribution is 2.22. The number of carbonyl (C=O) groups is 2. The van der Waals surface area contributed by atoms with E-state index in [0.717, 1.165) is 11.8 Å². The summed E-state index contributed by atoms with van der Waals surface area (Å²) in [6, 6.07) is 12.9. The SMILES string of the molecule is CC[C@H](C(=O)NC(C)(C)C)N(Cc1ccc(Cl)cc1)C(=O)CCCN(c1ccc(Cl)cc1)S(C)(=O)=O. The van der Waals surface area contributed by atoms with Crippen molar-refractivity contribution in [1.29, 1.82) is 0 Å². The third-order valence-corrected chi connectivity index (χ3v) is 7.12. The first-order valence-electron chi connectivity index (χ1n) is 11.8. The third-order valence-electron chi connectivity index (χ3n) is 5.42. The molecule has 7 nitrogen and oxygen atoms in total. The molecule has 0 radical (unpaired) electrons. The number of nitrogens with zero attached hydrogens (tertiary/aromatic N) is 2. The molecule has 1 N–H and O–H groups in total. The quantitative estimate of drug-likeness (QED) is 0.409. The smallest absolute Gasteiger partial charge is 0.243 e. The van der Waals surface area contributed by atoms with E-state index in [1.807, 2.05) is 39.8 Å². The van der Waals surface area contributed by atoms with Crippen LogP contribution in [0.1, 0.15) is 52.5 Å². The van der Waals surface area contributed by atoms with Crippen LogP contribution in [-0.2, 0) is 26.2 Å². The van der Waals surface area contributed by atoms with E-state index in [1.165, 1.54) is 4.31 Å². The van der Waals surface area contributed by atoms with E-state index in [-0.39, 0.29) is 37.7 Å². The molecule has 0 saturated heterocycles. The Labute approximate surface area is 224 Å². The summed E-state index contributed by atoms with van der Waals surface area (Å²) in [6.07, 6.45) is 1.91. The first-order chi connectivity index (χ1) is 16.7. The average Bonchev–Trinajstić information content (AvgIpc) is 2.76. The maximum absolute atomic E-state index is 13.4. The summed E-state index contributed by atoms with van der Waals surface area (Å²) in [4.78, 5) is 28.1. The van der Waals surface area contributed by atoms with Gasteiger partial charge in [0.15, 0.2) is 0 Å². The molecule has 0 aromatic heterocycles. The zero-order valence-electron chi connectivity index (χ0n) is 21.4. The van der Waals surface area contributed by atoms with E-state index in [9.17, 15) is 18.0 Å². The second-order valence-corrected chi connectivity index (χ2v) is 12.5. The number of carbonyl (C=O) groups excluding carboxylic acids is 2. The van der Waals surface area contributed by atoms with Crippen LogP contribution in [0.3, 0.4) is 0 Å². The summed E-state index contributed by atoms with van der Waals surface area (Å²) in [5, 5.41) is 4.05. The van der Waals surface area contributed by atoms with Crippen LogP contribution in [0.15, 0.2) is 48.5 Å². The Morgan fingerprint density at radius 2 is 1.50 bits per heavy atom. The van der Waals surface area contributed by atoms with E-state index in [1.54, 1.807) is 41.3 Å². The van der Waals surface area contributed by atoms with Crippen LogP contribution in [0.4, 0.5) is 5.69 Å². The molecule has 0 spiro atoms. The molecular formula is C26H35Cl2N3O4S. The van der Waals surface area contributed by atoms with Gasteiger partial charge in [-0.25, -0.2) is 8.42 Å². The Morgan fingerprint density at radius 1 is 0.972 bits per heavy atom. The highest BCUT2D eigenvalue weighted by Gasteiger charge is 2.30. The maximum Gasteiger partial charge on any atom is 0.243 e. The van der Waals surface area contributed by atoms with Gasteiger partial charge in [-0.2, -0.15) is 0 Å². The van der Waals surface area contributed by atoms with Crippen LogP contribution in [0.5, 0.6) is 0 Å². The van der Waals surface area contributed by atoms with Crippen molar-refractivity contribution >= 4 is 50.7 Å². The van der Waals surface area contributed by atoms with E-state index >= 15 is 0 Å². The lowest BCUT2D eigenvalue weighted by molar-refractivity contribution is -0.142. The van der Waals surface area contributed by atoms with Gasteiger partial charge in [-0.1, -0.05) is 42.3 Å². The van der Waals surface area contributed by atoms with Crippen molar-refractivity contribution in [3.8, 4) is 0 Å². The molecule has 36 heavy (non-hydrogen) atoms. The molecule has 10 heteroatoms. The van der Waals surface area contributed by atoms with Gasteiger partial charge < -0.3 is 10.2 Å². The summed E-state index contributed by atoms with van der Waals surface area (Å²) in [7, 11) is -3.57. The van der Waals surface area contributed by atoms with Gasteiger partial charge >= 0.3 is 0 Å². The van der Waals surface area contributed by atoms with Crippen LogP contribution in [0.2, 0.25) is 10.0 Å². The standard InChI is InChI=1S/C26H35Cl2N3O4S/c1-6-23(25(33)29-26(2,3)4)30(18-19-9-11-20(27)12-10-19)24(32)8-7-17-31(36(5,34)35)22-15-13-21(28)14-16-22/h9-16,23H,6-8,17-18H2,1-5H3,(H,29,33)/t23-/m1/s1. The molecule has 198 valence electrons. The van der Waals surface area contributed by atoms with Crippen molar-refractivity contribution in [2.45, 2.75) is 65.1 Å². The Bertz CT molecular complexity index is 1130. The minimum atomic E-state index is -3.57. The van der Waals surface area contributed by atoms with Gasteiger partial charge in [-0.3, -0.25) is 13.9 Å². The Hall–Kier alpha value is -2.29. The lowest BCUT2D eigenvalue weighted by Gasteiger charge is -2.33. The third kappa shape index (κ3) is 9.30. The number of nitrogens with one attached hydrogen (secondary N) is 1. The van der Waals surface area contributed by atoms with Crippen LogP contribution >= 0.6 is 23.2 Å². The highest BCUT2D eigenvalue weighted by atomic mass is 35.5. The number of benzene rings is 2. The number of rotatable bonds is 11. The van der Waals surface area contributed by atoms with Crippen LogP contribution in [0, 0.1) is 0 Å². The zero-order chi connectivity index (χ0) is 27.1. The molecule has 2 rings (SSSR count). The molecule has 1 atom stereocenters. The van der Waals surface area contributed by atoms with Gasteiger partial charge in [0.05, 0.1) is 11.9 Å². The van der Waals surface area contributed by atoms with E-state index in [2.05, 4.69) is 5.32 Å². The van der Waals surface area contributed by atoms with Crippen molar-refractivity contribution in [3.63, 3.8) is 0 Å². The van der Waals surface area contributed by atoms with Gasteiger partial charge in [0.1, 0.15) is 6.04 Å². The molecular weight excluding hydrogens is 521 g/mol. The second-order valence-electron chi connectivity index (χ2n) is 9.73. The monoisotopic (exact) mass is 555 g/mol. The van der Waals surface area contributed by atoms with Crippen molar-refractivity contribution in [2.75, 3.05) is 17.1 Å². The first kappa shape index (κ1) is 29.9. The van der Waals surface area contributed by atoms with E-state index in [0.29, 0.717) is 22.2 Å². The molecule has 0 bridgehead atoms. The largest absolute Gasteiger partial charge is 0.350 e. The number of hydrogen-bond donors (Lipinski definition) is 1. The molecule has 0 unspecified atom stereocenters. The Balaban J connectivity index is 2.22. The Morgan fingerprint density at radius 3 is 1.97 bits per heavy atom. The van der Waals surface area contributed by atoms with Gasteiger partial charge in [0.25, 0.3) is 0 Å². The van der Waals surface area contributed by atoms with E-state index in [4.69, 9.17) is 23.2 Å². The molecule has 0 aliphatic carbocycles. The average molecular weight is 557 g/mol. The molecule has 2 aromatic rings. The summed E-state index contributed by atoms with van der Waals surface area (Å²) in [5.41, 5.74) is 0.866. The van der Waals surface area contributed by atoms with Crippen LogP contribution in [0.25, 0.3) is 0 Å².